The fourth-order valence-electron chi connectivity index (χ4n) is 1.87. The van der Waals surface area contributed by atoms with Crippen molar-refractivity contribution >= 4 is 10.0 Å². The predicted molar refractivity (Wildman–Crippen MR) is 66.9 cm³/mol. The van der Waals surface area contributed by atoms with Gasteiger partial charge in [-0.2, -0.15) is 9.57 Å². The Balaban J connectivity index is 2.68. The number of hydrogen-bond acceptors (Lipinski definition) is 4. The van der Waals surface area contributed by atoms with Crippen LogP contribution in [0.5, 0.6) is 0 Å². The topological polar surface area (TPSA) is 64.4 Å². The Bertz CT molecular complexity index is 401. The molecule has 0 atom stereocenters. The molecule has 0 unspecified atom stereocenters. The van der Waals surface area contributed by atoms with Gasteiger partial charge in [-0.05, 0) is 27.7 Å². The smallest absolute Gasteiger partial charge is 0.216 e. The molecule has 6 heteroatoms. The third kappa shape index (κ3) is 2.97. The molecule has 0 saturated carbocycles. The van der Waals surface area contributed by atoms with E-state index in [1.54, 1.807) is 13.8 Å². The third-order valence-electron chi connectivity index (χ3n) is 3.26. The number of piperazine rings is 1. The van der Waals surface area contributed by atoms with Crippen molar-refractivity contribution in [1.29, 1.82) is 5.26 Å². The Kier molecular flexibility index (Phi) is 4.18. The lowest BCUT2D eigenvalue weighted by atomic mass is 10.0. The Morgan fingerprint density at radius 3 is 2.00 bits per heavy atom. The monoisotopic (exact) mass is 259 g/mol. The molecule has 1 saturated heterocycles. The van der Waals surface area contributed by atoms with E-state index in [4.69, 9.17) is 5.26 Å². The van der Waals surface area contributed by atoms with Crippen molar-refractivity contribution in [3.05, 3.63) is 0 Å². The van der Waals surface area contributed by atoms with E-state index in [1.165, 1.54) is 4.31 Å². The van der Waals surface area contributed by atoms with E-state index in [0.717, 1.165) is 0 Å². The van der Waals surface area contributed by atoms with E-state index >= 15 is 0 Å². The second-order valence-corrected chi connectivity index (χ2v) is 7.64. The van der Waals surface area contributed by atoms with Gasteiger partial charge in [-0.15, -0.1) is 0 Å². The highest BCUT2D eigenvalue weighted by molar-refractivity contribution is 7.89. The van der Waals surface area contributed by atoms with Crippen molar-refractivity contribution in [2.45, 2.75) is 38.5 Å². The van der Waals surface area contributed by atoms with Crippen LogP contribution in [-0.4, -0.2) is 54.6 Å². The summed E-state index contributed by atoms with van der Waals surface area (Å²) in [5.74, 6) is 0. The molecule has 0 aromatic heterocycles. The lowest BCUT2D eigenvalue weighted by Gasteiger charge is -2.40. The van der Waals surface area contributed by atoms with Crippen LogP contribution in [0.1, 0.15) is 27.7 Å². The lowest BCUT2D eigenvalue weighted by Crippen LogP contribution is -2.56. The van der Waals surface area contributed by atoms with Crippen LogP contribution in [0.4, 0.5) is 0 Å². The van der Waals surface area contributed by atoms with E-state index in [9.17, 15) is 8.42 Å². The average Bonchev–Trinajstić information content (AvgIpc) is 2.29. The largest absolute Gasteiger partial charge is 0.283 e. The maximum absolute atomic E-state index is 12.0. The van der Waals surface area contributed by atoms with Gasteiger partial charge >= 0.3 is 0 Å². The van der Waals surface area contributed by atoms with Gasteiger partial charge < -0.3 is 0 Å². The summed E-state index contributed by atoms with van der Waals surface area (Å²) in [6.45, 7) is 9.30. The van der Waals surface area contributed by atoms with E-state index < -0.39 is 15.6 Å². The summed E-state index contributed by atoms with van der Waals surface area (Å²) < 4.78 is 25.4. The highest BCUT2D eigenvalue weighted by Crippen LogP contribution is 2.18. The van der Waals surface area contributed by atoms with Gasteiger partial charge in [-0.25, -0.2) is 8.42 Å². The SMILES string of the molecule is CC(C)S(=O)(=O)N1CCN(C(C)(C)C#N)CC1. The van der Waals surface area contributed by atoms with Crippen LogP contribution < -0.4 is 0 Å². The predicted octanol–water partition coefficient (Wildman–Crippen LogP) is 0.644. The Labute approximate surface area is 104 Å². The Morgan fingerprint density at radius 1 is 1.18 bits per heavy atom. The van der Waals surface area contributed by atoms with Crippen molar-refractivity contribution in [1.82, 2.24) is 9.21 Å². The van der Waals surface area contributed by atoms with Gasteiger partial charge in [0.2, 0.25) is 10.0 Å². The second-order valence-electron chi connectivity index (χ2n) is 5.15. The highest BCUT2D eigenvalue weighted by atomic mass is 32.2. The lowest BCUT2D eigenvalue weighted by molar-refractivity contribution is 0.115. The maximum Gasteiger partial charge on any atom is 0.216 e. The van der Waals surface area contributed by atoms with E-state index in [0.29, 0.717) is 26.2 Å². The maximum atomic E-state index is 12.0. The van der Waals surface area contributed by atoms with Gasteiger partial charge in [0.15, 0.2) is 0 Å². The Morgan fingerprint density at radius 2 is 1.65 bits per heavy atom. The molecule has 1 rings (SSSR count). The quantitative estimate of drug-likeness (QED) is 0.746. The van der Waals surface area contributed by atoms with Crippen LogP contribution >= 0.6 is 0 Å². The minimum atomic E-state index is -3.15. The van der Waals surface area contributed by atoms with Crippen molar-refractivity contribution in [3.8, 4) is 6.07 Å². The van der Waals surface area contributed by atoms with Crippen LogP contribution in [-0.2, 0) is 10.0 Å². The number of nitriles is 1. The molecule has 5 nitrogen and oxygen atoms in total. The van der Waals surface area contributed by atoms with E-state index in [-0.39, 0.29) is 5.25 Å². The standard InChI is InChI=1S/C11H21N3O2S/c1-10(2)17(15,16)14-7-5-13(6-8-14)11(3,4)9-12/h10H,5-8H2,1-4H3. The minimum absolute atomic E-state index is 0.377. The minimum Gasteiger partial charge on any atom is -0.283 e. The molecule has 1 fully saturated rings. The summed E-state index contributed by atoms with van der Waals surface area (Å²) in [6, 6.07) is 2.25. The van der Waals surface area contributed by atoms with Crippen LogP contribution in [0.3, 0.4) is 0 Å². The molecule has 0 aromatic carbocycles. The first-order valence-corrected chi connectivity index (χ1v) is 7.37. The van der Waals surface area contributed by atoms with Gasteiger partial charge in [0.05, 0.1) is 11.3 Å². The molecule has 0 radical (unpaired) electrons. The molecule has 0 bridgehead atoms. The summed E-state index contributed by atoms with van der Waals surface area (Å²) in [6.07, 6.45) is 0. The molecule has 0 N–H and O–H groups in total. The molecule has 0 spiro atoms. The van der Waals surface area contributed by atoms with Crippen LogP contribution in [0.25, 0.3) is 0 Å². The van der Waals surface area contributed by atoms with Crippen LogP contribution in [0, 0.1) is 11.3 Å². The normalized spacial score (nSPS) is 20.5. The van der Waals surface area contributed by atoms with Crippen molar-refractivity contribution in [2.24, 2.45) is 0 Å². The fraction of sp³-hybridized carbons (Fsp3) is 0.909. The van der Waals surface area contributed by atoms with Gasteiger partial charge in [0, 0.05) is 26.2 Å². The number of nitrogens with zero attached hydrogens (tertiary/aromatic N) is 3. The number of rotatable bonds is 3. The summed E-state index contributed by atoms with van der Waals surface area (Å²) in [7, 11) is -3.15. The van der Waals surface area contributed by atoms with Crippen LogP contribution in [0.15, 0.2) is 0 Å². The Hall–Kier alpha value is -0.640. The summed E-state index contributed by atoms with van der Waals surface area (Å²) >= 11 is 0. The molecular weight excluding hydrogens is 238 g/mol. The molecule has 17 heavy (non-hydrogen) atoms. The zero-order chi connectivity index (χ0) is 13.3. The van der Waals surface area contributed by atoms with E-state index in [2.05, 4.69) is 6.07 Å². The van der Waals surface area contributed by atoms with Crippen molar-refractivity contribution in [3.63, 3.8) is 0 Å². The zero-order valence-corrected chi connectivity index (χ0v) is 11.8. The first-order chi connectivity index (χ1) is 7.71. The molecule has 1 heterocycles. The summed E-state index contributed by atoms with van der Waals surface area (Å²) in [4.78, 5) is 2.03. The molecular formula is C11H21N3O2S. The molecule has 1 aliphatic rings. The van der Waals surface area contributed by atoms with Crippen molar-refractivity contribution < 1.29 is 8.42 Å². The van der Waals surface area contributed by atoms with Crippen molar-refractivity contribution in [2.75, 3.05) is 26.2 Å². The van der Waals surface area contributed by atoms with Crippen LogP contribution in [0.2, 0.25) is 0 Å². The molecule has 0 amide bonds. The molecule has 1 aliphatic heterocycles. The van der Waals surface area contributed by atoms with Gasteiger partial charge in [-0.1, -0.05) is 0 Å². The number of sulfonamides is 1. The summed E-state index contributed by atoms with van der Waals surface area (Å²) in [5, 5.41) is 8.66. The third-order valence-corrected chi connectivity index (χ3v) is 5.53. The van der Waals surface area contributed by atoms with Gasteiger partial charge in [0.1, 0.15) is 5.54 Å². The average molecular weight is 259 g/mol. The zero-order valence-electron chi connectivity index (χ0n) is 11.0. The van der Waals surface area contributed by atoms with Gasteiger partial charge in [0.25, 0.3) is 0 Å². The fourth-order valence-corrected chi connectivity index (χ4v) is 3.14. The summed E-state index contributed by atoms with van der Waals surface area (Å²) in [5.41, 5.74) is -0.520. The highest BCUT2D eigenvalue weighted by Gasteiger charge is 2.34. The molecule has 0 aliphatic carbocycles. The molecule has 98 valence electrons. The van der Waals surface area contributed by atoms with E-state index in [1.807, 2.05) is 18.7 Å². The number of hydrogen-bond donors (Lipinski definition) is 0. The first kappa shape index (κ1) is 14.4. The second kappa shape index (κ2) is 4.92. The first-order valence-electron chi connectivity index (χ1n) is 5.87. The molecule has 0 aromatic rings. The van der Waals surface area contributed by atoms with Gasteiger partial charge in [-0.3, -0.25) is 4.90 Å².